The third-order valence-electron chi connectivity index (χ3n) is 4.22. The van der Waals surface area contributed by atoms with Gasteiger partial charge in [-0.05, 0) is 19.3 Å². The fourth-order valence-corrected chi connectivity index (χ4v) is 2.97. The van der Waals surface area contributed by atoms with Crippen molar-refractivity contribution in [1.29, 1.82) is 0 Å². The van der Waals surface area contributed by atoms with E-state index in [-0.39, 0.29) is 18.5 Å². The third-order valence-corrected chi connectivity index (χ3v) is 4.22. The number of aromatic nitrogens is 4. The highest BCUT2D eigenvalue weighted by Gasteiger charge is 2.36. The van der Waals surface area contributed by atoms with Gasteiger partial charge in [0.1, 0.15) is 5.82 Å². The summed E-state index contributed by atoms with van der Waals surface area (Å²) < 4.78 is 44.7. The van der Waals surface area contributed by atoms with Gasteiger partial charge in [-0.3, -0.25) is 0 Å². The van der Waals surface area contributed by atoms with E-state index >= 15 is 0 Å². The van der Waals surface area contributed by atoms with Gasteiger partial charge in [0.05, 0.1) is 6.54 Å². The summed E-state index contributed by atoms with van der Waals surface area (Å²) >= 11 is 0. The van der Waals surface area contributed by atoms with E-state index in [0.29, 0.717) is 43.5 Å². The highest BCUT2D eigenvalue weighted by molar-refractivity contribution is 5.73. The van der Waals surface area contributed by atoms with Crippen LogP contribution in [0.2, 0.25) is 0 Å². The zero-order chi connectivity index (χ0) is 18.9. The summed E-state index contributed by atoms with van der Waals surface area (Å²) in [6, 6.07) is -0.312. The normalized spacial score (nSPS) is 17.0. The molecule has 0 spiro atoms. The Morgan fingerprint density at radius 1 is 1.46 bits per heavy atom. The largest absolute Gasteiger partial charge is 0.434 e. The van der Waals surface area contributed by atoms with Crippen molar-refractivity contribution in [3.05, 3.63) is 29.4 Å². The first-order chi connectivity index (χ1) is 12.2. The number of hydrogen-bond acceptors (Lipinski definition) is 5. The molecule has 2 aromatic heterocycles. The number of nitrogens with zero attached hydrogens (tertiary/aromatic N) is 5. The van der Waals surface area contributed by atoms with Crippen molar-refractivity contribution < 1.29 is 22.5 Å². The first-order valence-corrected chi connectivity index (χ1v) is 8.13. The molecule has 1 atom stereocenters. The van der Waals surface area contributed by atoms with E-state index in [1.807, 2.05) is 0 Å². The quantitative estimate of drug-likeness (QED) is 0.887. The molecule has 2 amide bonds. The Morgan fingerprint density at radius 3 is 2.88 bits per heavy atom. The van der Waals surface area contributed by atoms with Crippen molar-refractivity contribution in [3.63, 3.8) is 0 Å². The Bertz CT molecular complexity index is 785. The summed E-state index contributed by atoms with van der Waals surface area (Å²) in [6.45, 7) is 2.63. The molecule has 0 saturated carbocycles. The summed E-state index contributed by atoms with van der Waals surface area (Å²) in [5, 5.41) is 6.30. The summed E-state index contributed by atoms with van der Waals surface area (Å²) in [5.74, 6) is 1.29. The molecule has 0 unspecified atom stereocenters. The molecule has 1 aliphatic heterocycles. The highest BCUT2D eigenvalue weighted by Crippen LogP contribution is 2.30. The first kappa shape index (κ1) is 18.2. The molecule has 0 saturated heterocycles. The molecule has 0 radical (unpaired) electrons. The van der Waals surface area contributed by atoms with Gasteiger partial charge < -0.3 is 19.3 Å². The summed E-state index contributed by atoms with van der Waals surface area (Å²) in [7, 11) is 1.64. The van der Waals surface area contributed by atoms with Gasteiger partial charge in [0.2, 0.25) is 5.89 Å². The molecule has 1 N–H and O–H groups in total. The van der Waals surface area contributed by atoms with Crippen LogP contribution in [0.5, 0.6) is 0 Å². The topological polar surface area (TPSA) is 89.1 Å². The number of fused-ring (bicyclic) bond motifs is 1. The van der Waals surface area contributed by atoms with Crippen LogP contribution in [0.3, 0.4) is 0 Å². The van der Waals surface area contributed by atoms with Gasteiger partial charge in [0.15, 0.2) is 11.5 Å². The Balaban J connectivity index is 1.52. The number of carbonyl (C=O) groups excluding carboxylic acids is 1. The molecule has 1 aliphatic rings. The number of urea groups is 1. The second-order valence-electron chi connectivity index (χ2n) is 6.37. The Labute approximate surface area is 147 Å². The fraction of sp³-hybridized carbons (Fsp3) is 0.600. The molecule has 0 aliphatic carbocycles. The van der Waals surface area contributed by atoms with Crippen LogP contribution >= 0.6 is 0 Å². The van der Waals surface area contributed by atoms with E-state index in [4.69, 9.17) is 4.52 Å². The molecule has 0 fully saturated rings. The lowest BCUT2D eigenvalue weighted by Crippen LogP contribution is -2.41. The van der Waals surface area contributed by atoms with E-state index < -0.39 is 11.9 Å². The number of nitrogens with one attached hydrogen (secondary N) is 1. The number of aryl methyl sites for hydroxylation is 2. The number of amides is 2. The van der Waals surface area contributed by atoms with Gasteiger partial charge in [-0.1, -0.05) is 5.16 Å². The number of carbonyl (C=O) groups is 1. The van der Waals surface area contributed by atoms with E-state index in [0.717, 1.165) is 6.20 Å². The van der Waals surface area contributed by atoms with Crippen LogP contribution in [-0.4, -0.2) is 44.2 Å². The van der Waals surface area contributed by atoms with Gasteiger partial charge in [-0.25, -0.2) is 9.78 Å². The molecule has 3 heterocycles. The maximum atomic E-state index is 12.8. The molecular formula is C15H19F3N6O2. The Kier molecular flexibility index (Phi) is 4.88. The van der Waals surface area contributed by atoms with Gasteiger partial charge in [0, 0.05) is 32.8 Å². The summed E-state index contributed by atoms with van der Waals surface area (Å²) in [4.78, 5) is 21.3. The smallest absolute Gasteiger partial charge is 0.337 e. The van der Waals surface area contributed by atoms with Crippen LogP contribution in [0.25, 0.3) is 0 Å². The number of imidazole rings is 1. The van der Waals surface area contributed by atoms with Crippen LogP contribution in [0, 0.1) is 12.8 Å². The fourth-order valence-electron chi connectivity index (χ4n) is 2.97. The van der Waals surface area contributed by atoms with Crippen molar-refractivity contribution in [2.45, 2.75) is 39.0 Å². The van der Waals surface area contributed by atoms with Crippen LogP contribution in [-0.2, 0) is 25.7 Å². The van der Waals surface area contributed by atoms with E-state index in [9.17, 15) is 18.0 Å². The molecule has 0 bridgehead atoms. The van der Waals surface area contributed by atoms with Crippen LogP contribution in [0.4, 0.5) is 18.0 Å². The maximum absolute atomic E-state index is 12.8. The van der Waals surface area contributed by atoms with Crippen LogP contribution < -0.4 is 5.32 Å². The monoisotopic (exact) mass is 372 g/mol. The molecule has 0 aromatic carbocycles. The highest BCUT2D eigenvalue weighted by atomic mass is 19.4. The molecule has 11 heteroatoms. The predicted molar refractivity (Wildman–Crippen MR) is 82.9 cm³/mol. The number of hydrogen-bond donors (Lipinski definition) is 1. The van der Waals surface area contributed by atoms with Crippen molar-refractivity contribution in [1.82, 2.24) is 29.9 Å². The average molecular weight is 372 g/mol. The first-order valence-electron chi connectivity index (χ1n) is 8.13. The minimum Gasteiger partial charge on any atom is -0.337 e. The van der Waals surface area contributed by atoms with E-state index in [2.05, 4.69) is 20.4 Å². The Morgan fingerprint density at radius 2 is 2.23 bits per heavy atom. The van der Waals surface area contributed by atoms with Gasteiger partial charge in [-0.15, -0.1) is 0 Å². The number of rotatable bonds is 4. The van der Waals surface area contributed by atoms with Gasteiger partial charge in [0.25, 0.3) is 0 Å². The zero-order valence-electron chi connectivity index (χ0n) is 14.4. The average Bonchev–Trinajstić information content (AvgIpc) is 3.17. The van der Waals surface area contributed by atoms with Crippen LogP contribution in [0.1, 0.15) is 29.7 Å². The van der Waals surface area contributed by atoms with Gasteiger partial charge in [-0.2, -0.15) is 18.2 Å². The van der Waals surface area contributed by atoms with Crippen LogP contribution in [0.15, 0.2) is 10.7 Å². The lowest BCUT2D eigenvalue weighted by molar-refractivity contribution is -0.141. The second kappa shape index (κ2) is 6.96. The molecule has 2 aromatic rings. The lowest BCUT2D eigenvalue weighted by Gasteiger charge is -2.28. The lowest BCUT2D eigenvalue weighted by atomic mass is 9.99. The summed E-state index contributed by atoms with van der Waals surface area (Å²) in [6.07, 6.45) is -2.27. The minimum atomic E-state index is -4.44. The summed E-state index contributed by atoms with van der Waals surface area (Å²) in [5.41, 5.74) is -0.867. The van der Waals surface area contributed by atoms with Crippen molar-refractivity contribution in [2.24, 2.45) is 5.92 Å². The Hall–Kier alpha value is -2.59. The second-order valence-corrected chi connectivity index (χ2v) is 6.37. The molecule has 3 rings (SSSR count). The van der Waals surface area contributed by atoms with Crippen molar-refractivity contribution in [3.8, 4) is 0 Å². The van der Waals surface area contributed by atoms with Crippen molar-refractivity contribution >= 4 is 6.03 Å². The van der Waals surface area contributed by atoms with E-state index in [1.54, 1.807) is 14.0 Å². The molecular weight excluding hydrogens is 353 g/mol. The zero-order valence-corrected chi connectivity index (χ0v) is 14.4. The third kappa shape index (κ3) is 4.14. The standard InChI is InChI=1S/C15H19F3N6O2/c1-9-20-13(26-22-9)5-19-14(25)23(2)6-10-3-4-12-21-11(15(16,17)18)8-24(12)7-10/h8,10H,3-7H2,1-2H3,(H,19,25)/t10-/m0/s1. The number of alkyl halides is 3. The van der Waals surface area contributed by atoms with Gasteiger partial charge >= 0.3 is 12.2 Å². The minimum absolute atomic E-state index is 0.0548. The molecule has 26 heavy (non-hydrogen) atoms. The molecule has 8 nitrogen and oxygen atoms in total. The number of halogens is 3. The van der Waals surface area contributed by atoms with Crippen molar-refractivity contribution in [2.75, 3.05) is 13.6 Å². The predicted octanol–water partition coefficient (Wildman–Crippen LogP) is 2.00. The molecule has 142 valence electrons. The SMILES string of the molecule is Cc1noc(CNC(=O)N(C)C[C@@H]2CCc3nc(C(F)(F)F)cn3C2)n1. The van der Waals surface area contributed by atoms with E-state index in [1.165, 1.54) is 9.47 Å². The maximum Gasteiger partial charge on any atom is 0.434 e.